The Bertz CT molecular complexity index is 1060. The predicted molar refractivity (Wildman–Crippen MR) is 106 cm³/mol. The third-order valence-corrected chi connectivity index (χ3v) is 6.44. The highest BCUT2D eigenvalue weighted by Gasteiger charge is 2.28. The van der Waals surface area contributed by atoms with Gasteiger partial charge in [0.2, 0.25) is 0 Å². The Morgan fingerprint density at radius 1 is 1.33 bits per heavy atom. The second-order valence-corrected chi connectivity index (χ2v) is 8.39. The number of thioether (sulfide) groups is 1. The molecule has 0 radical (unpaired) electrons. The first-order valence-electron chi connectivity index (χ1n) is 9.45. The first-order chi connectivity index (χ1) is 13.2. The highest BCUT2D eigenvalue weighted by atomic mass is 32.2. The SMILES string of the molecule is Cc1cc(N2CCCC2Cn2nc3c(cc2=O)CSCC3)n2nccc2n1. The van der Waals surface area contributed by atoms with Crippen molar-refractivity contribution in [3.8, 4) is 0 Å². The summed E-state index contributed by atoms with van der Waals surface area (Å²) in [7, 11) is 0. The van der Waals surface area contributed by atoms with Crippen LogP contribution in [0.1, 0.15) is 29.8 Å². The third kappa shape index (κ3) is 3.01. The zero-order valence-corrected chi connectivity index (χ0v) is 16.2. The number of anilines is 1. The minimum atomic E-state index is 0.0123. The number of aromatic nitrogens is 5. The highest BCUT2D eigenvalue weighted by molar-refractivity contribution is 7.98. The summed E-state index contributed by atoms with van der Waals surface area (Å²) in [6.07, 6.45) is 4.88. The molecule has 0 aromatic carbocycles. The van der Waals surface area contributed by atoms with Crippen LogP contribution in [0.2, 0.25) is 0 Å². The van der Waals surface area contributed by atoms with Gasteiger partial charge < -0.3 is 4.90 Å². The molecule has 3 aromatic heterocycles. The third-order valence-electron chi connectivity index (χ3n) is 5.43. The minimum absolute atomic E-state index is 0.0123. The molecule has 2 aliphatic heterocycles. The van der Waals surface area contributed by atoms with Gasteiger partial charge in [0.05, 0.1) is 24.5 Å². The van der Waals surface area contributed by atoms with E-state index in [9.17, 15) is 4.79 Å². The average molecular weight is 382 g/mol. The van der Waals surface area contributed by atoms with Gasteiger partial charge in [-0.25, -0.2) is 9.67 Å². The van der Waals surface area contributed by atoms with E-state index in [2.05, 4.69) is 21.0 Å². The standard InChI is InChI=1S/C19H22N6OS/c1-13-9-18(25-17(21-13)4-6-20-25)23-7-2-3-15(23)11-24-19(26)10-14-12-27-8-5-16(14)22-24/h4,6,9-10,15H,2-3,5,7-8,11-12H2,1H3. The first-order valence-corrected chi connectivity index (χ1v) is 10.6. The van der Waals surface area contributed by atoms with Gasteiger partial charge in [0.15, 0.2) is 5.65 Å². The molecule has 1 unspecified atom stereocenters. The lowest BCUT2D eigenvalue weighted by Crippen LogP contribution is -2.38. The van der Waals surface area contributed by atoms with Crippen molar-refractivity contribution in [1.82, 2.24) is 24.4 Å². The quantitative estimate of drug-likeness (QED) is 0.691. The molecule has 0 aliphatic carbocycles. The second-order valence-electron chi connectivity index (χ2n) is 7.29. The van der Waals surface area contributed by atoms with E-state index in [1.165, 1.54) is 0 Å². The molecule has 2 aliphatic rings. The lowest BCUT2D eigenvalue weighted by atomic mass is 10.2. The molecule has 27 heavy (non-hydrogen) atoms. The van der Waals surface area contributed by atoms with Crippen LogP contribution in [-0.2, 0) is 18.7 Å². The largest absolute Gasteiger partial charge is 0.352 e. The molecule has 1 atom stereocenters. The number of nitrogens with zero attached hydrogens (tertiary/aromatic N) is 6. The monoisotopic (exact) mass is 382 g/mol. The fourth-order valence-corrected chi connectivity index (χ4v) is 5.09. The van der Waals surface area contributed by atoms with Crippen molar-refractivity contribution in [2.45, 2.75) is 44.5 Å². The summed E-state index contributed by atoms with van der Waals surface area (Å²) in [5.41, 5.74) is 4.05. The van der Waals surface area contributed by atoms with Crippen molar-refractivity contribution in [2.24, 2.45) is 0 Å². The lowest BCUT2D eigenvalue weighted by Gasteiger charge is -2.27. The summed E-state index contributed by atoms with van der Waals surface area (Å²) >= 11 is 1.87. The van der Waals surface area contributed by atoms with Crippen molar-refractivity contribution in [3.63, 3.8) is 0 Å². The van der Waals surface area contributed by atoms with E-state index in [0.29, 0.717) is 6.54 Å². The van der Waals surface area contributed by atoms with E-state index in [1.54, 1.807) is 16.9 Å². The van der Waals surface area contributed by atoms with Crippen molar-refractivity contribution < 1.29 is 0 Å². The second kappa shape index (κ2) is 6.67. The summed E-state index contributed by atoms with van der Waals surface area (Å²) in [6, 6.07) is 6.03. The van der Waals surface area contributed by atoms with Crippen LogP contribution in [0.5, 0.6) is 0 Å². The fourth-order valence-electron chi connectivity index (χ4n) is 4.13. The van der Waals surface area contributed by atoms with Crippen molar-refractivity contribution in [3.05, 3.63) is 51.7 Å². The zero-order chi connectivity index (χ0) is 18.4. The molecule has 140 valence electrons. The van der Waals surface area contributed by atoms with Crippen LogP contribution in [0.3, 0.4) is 0 Å². The van der Waals surface area contributed by atoms with Gasteiger partial charge in [0.1, 0.15) is 5.82 Å². The maximum atomic E-state index is 12.6. The van der Waals surface area contributed by atoms with Crippen LogP contribution in [0, 0.1) is 6.92 Å². The minimum Gasteiger partial charge on any atom is -0.352 e. The topological polar surface area (TPSA) is 68.3 Å². The molecule has 0 spiro atoms. The predicted octanol–water partition coefficient (Wildman–Crippen LogP) is 2.05. The summed E-state index contributed by atoms with van der Waals surface area (Å²) in [5, 5.41) is 9.15. The molecule has 5 heterocycles. The molecule has 3 aromatic rings. The van der Waals surface area contributed by atoms with Gasteiger partial charge in [-0.1, -0.05) is 0 Å². The molecule has 0 amide bonds. The summed E-state index contributed by atoms with van der Waals surface area (Å²) in [6.45, 7) is 3.58. The lowest BCUT2D eigenvalue weighted by molar-refractivity contribution is 0.478. The molecule has 5 rings (SSSR count). The van der Waals surface area contributed by atoms with Crippen LogP contribution >= 0.6 is 11.8 Å². The summed E-state index contributed by atoms with van der Waals surface area (Å²) in [5.74, 6) is 3.04. The van der Waals surface area contributed by atoms with Gasteiger partial charge in [0.25, 0.3) is 5.56 Å². The van der Waals surface area contributed by atoms with E-state index in [1.807, 2.05) is 29.3 Å². The number of hydrogen-bond acceptors (Lipinski definition) is 6. The molecule has 1 saturated heterocycles. The Morgan fingerprint density at radius 2 is 2.26 bits per heavy atom. The van der Waals surface area contributed by atoms with Crippen molar-refractivity contribution >= 4 is 23.2 Å². The van der Waals surface area contributed by atoms with Gasteiger partial charge in [0, 0.05) is 42.6 Å². The molecule has 0 N–H and O–H groups in total. The Balaban J connectivity index is 1.48. The molecule has 7 nitrogen and oxygen atoms in total. The van der Waals surface area contributed by atoms with Crippen molar-refractivity contribution in [2.75, 3.05) is 17.2 Å². The first kappa shape index (κ1) is 16.8. The summed E-state index contributed by atoms with van der Waals surface area (Å²) < 4.78 is 3.57. The number of rotatable bonds is 3. The van der Waals surface area contributed by atoms with Crippen LogP contribution in [0.25, 0.3) is 5.65 Å². The van der Waals surface area contributed by atoms with Gasteiger partial charge in [-0.2, -0.15) is 26.5 Å². The number of hydrogen-bond donors (Lipinski definition) is 0. The Hall–Kier alpha value is -2.35. The zero-order valence-electron chi connectivity index (χ0n) is 15.3. The summed E-state index contributed by atoms with van der Waals surface area (Å²) in [4.78, 5) is 19.5. The van der Waals surface area contributed by atoms with Gasteiger partial charge >= 0.3 is 0 Å². The molecule has 1 fully saturated rings. The molecular weight excluding hydrogens is 360 g/mol. The van der Waals surface area contributed by atoms with E-state index >= 15 is 0 Å². The Labute approximate surface area is 161 Å². The normalized spacial score (nSPS) is 19.6. The van der Waals surface area contributed by atoms with Gasteiger partial charge in [-0.3, -0.25) is 4.79 Å². The molecule has 0 saturated carbocycles. The molecule has 8 heteroatoms. The van der Waals surface area contributed by atoms with E-state index < -0.39 is 0 Å². The number of aryl methyl sites for hydroxylation is 2. The smallest absolute Gasteiger partial charge is 0.267 e. The van der Waals surface area contributed by atoms with Crippen LogP contribution < -0.4 is 10.5 Å². The highest BCUT2D eigenvalue weighted by Crippen LogP contribution is 2.27. The van der Waals surface area contributed by atoms with Gasteiger partial charge in [-0.05, 0) is 31.1 Å². The van der Waals surface area contributed by atoms with Gasteiger partial charge in [-0.15, -0.1) is 0 Å². The number of fused-ring (bicyclic) bond motifs is 2. The van der Waals surface area contributed by atoms with E-state index in [4.69, 9.17) is 5.10 Å². The Kier molecular flexibility index (Phi) is 4.15. The van der Waals surface area contributed by atoms with Crippen molar-refractivity contribution in [1.29, 1.82) is 0 Å². The van der Waals surface area contributed by atoms with Crippen LogP contribution in [0.15, 0.2) is 29.2 Å². The van der Waals surface area contributed by atoms with E-state index in [0.717, 1.165) is 65.7 Å². The maximum absolute atomic E-state index is 12.6. The van der Waals surface area contributed by atoms with Crippen LogP contribution in [-0.4, -0.2) is 42.7 Å². The fraction of sp³-hybridized carbons (Fsp3) is 0.474. The average Bonchev–Trinajstić information content (AvgIpc) is 3.31. The van der Waals surface area contributed by atoms with Crippen LogP contribution in [0.4, 0.5) is 5.82 Å². The molecule has 0 bridgehead atoms. The molecular formula is C19H22N6OS. The maximum Gasteiger partial charge on any atom is 0.267 e. The van der Waals surface area contributed by atoms with E-state index in [-0.39, 0.29) is 11.6 Å². The Morgan fingerprint density at radius 3 is 3.19 bits per heavy atom.